The predicted molar refractivity (Wildman–Crippen MR) is 167 cm³/mol. The lowest BCUT2D eigenvalue weighted by Crippen LogP contribution is -1.97. The van der Waals surface area contributed by atoms with Crippen LogP contribution in [0.3, 0.4) is 0 Å². The normalized spacial score (nSPS) is 10.8. The molecular weight excluding hydrogens is 488 g/mol. The maximum Gasteiger partial charge on any atom is 0.127 e. The first-order valence-corrected chi connectivity index (χ1v) is 13.4. The second-order valence-corrected chi connectivity index (χ2v) is 9.65. The molecule has 0 fully saturated rings. The molecule has 0 aliphatic rings. The molecule has 0 amide bonds. The summed E-state index contributed by atoms with van der Waals surface area (Å²) in [6, 6.07) is 50.8. The lowest BCUT2D eigenvalue weighted by atomic mass is 9.87. The molecule has 194 valence electrons. The highest BCUT2D eigenvalue weighted by Crippen LogP contribution is 2.48. The summed E-state index contributed by atoms with van der Waals surface area (Å²) in [6.45, 7) is 0. The minimum atomic E-state index is 0.802. The Hall–Kier alpha value is -5.08. The summed E-state index contributed by atoms with van der Waals surface area (Å²) in [5.74, 6) is 1.60. The Kier molecular flexibility index (Phi) is 7.15. The van der Waals surface area contributed by atoms with Crippen molar-refractivity contribution in [2.45, 2.75) is 0 Å². The van der Waals surface area contributed by atoms with Crippen molar-refractivity contribution in [1.29, 1.82) is 0 Å². The third kappa shape index (κ3) is 4.88. The Morgan fingerprint density at radius 1 is 0.300 bits per heavy atom. The van der Waals surface area contributed by atoms with Crippen LogP contribution in [0.4, 0.5) is 0 Å². The number of benzene rings is 6. The highest BCUT2D eigenvalue weighted by Gasteiger charge is 2.21. The van der Waals surface area contributed by atoms with E-state index in [0.29, 0.717) is 0 Å². The van der Waals surface area contributed by atoms with Crippen molar-refractivity contribution in [3.05, 3.63) is 146 Å². The van der Waals surface area contributed by atoms with Gasteiger partial charge in [0.1, 0.15) is 11.5 Å². The van der Waals surface area contributed by atoms with E-state index in [0.717, 1.165) is 44.9 Å². The molecule has 0 heterocycles. The van der Waals surface area contributed by atoms with E-state index in [1.165, 1.54) is 22.3 Å². The van der Waals surface area contributed by atoms with Gasteiger partial charge in [-0.2, -0.15) is 0 Å². The van der Waals surface area contributed by atoms with Gasteiger partial charge in [-0.25, -0.2) is 0 Å². The number of hydrogen-bond acceptors (Lipinski definition) is 2. The zero-order chi connectivity index (χ0) is 27.3. The summed E-state index contributed by atoms with van der Waals surface area (Å²) in [5.41, 5.74) is 11.2. The molecule has 2 nitrogen and oxygen atoms in total. The van der Waals surface area contributed by atoms with Crippen LogP contribution in [0.25, 0.3) is 55.6 Å². The fourth-order valence-electron chi connectivity index (χ4n) is 5.35. The molecule has 0 N–H and O–H groups in total. The molecule has 0 spiro atoms. The lowest BCUT2D eigenvalue weighted by molar-refractivity contribution is 0.410. The SMILES string of the molecule is COc1cccc(-c2ccc(-c3ccccc3)cc2)c1-c1c(OC)cccc1-c1ccc(-c2ccccc2)cc1. The van der Waals surface area contributed by atoms with Crippen LogP contribution in [0.15, 0.2) is 146 Å². The molecule has 6 aromatic carbocycles. The smallest absolute Gasteiger partial charge is 0.127 e. The van der Waals surface area contributed by atoms with Crippen LogP contribution in [-0.2, 0) is 0 Å². The highest BCUT2D eigenvalue weighted by atomic mass is 16.5. The molecule has 0 bridgehead atoms. The Balaban J connectivity index is 1.50. The molecule has 40 heavy (non-hydrogen) atoms. The van der Waals surface area contributed by atoms with Crippen molar-refractivity contribution >= 4 is 0 Å². The summed E-state index contributed by atoms with van der Waals surface area (Å²) in [6.07, 6.45) is 0. The van der Waals surface area contributed by atoms with Crippen molar-refractivity contribution in [1.82, 2.24) is 0 Å². The van der Waals surface area contributed by atoms with Gasteiger partial charge in [0.2, 0.25) is 0 Å². The Morgan fingerprint density at radius 3 is 0.975 bits per heavy atom. The first-order valence-electron chi connectivity index (χ1n) is 13.4. The van der Waals surface area contributed by atoms with Gasteiger partial charge in [-0.3, -0.25) is 0 Å². The molecule has 2 heteroatoms. The van der Waals surface area contributed by atoms with Gasteiger partial charge in [0, 0.05) is 11.1 Å². The summed E-state index contributed by atoms with van der Waals surface area (Å²) in [5, 5.41) is 0. The Bertz CT molecular complexity index is 1590. The fraction of sp³-hybridized carbons (Fsp3) is 0.0526. The third-order valence-corrected chi connectivity index (χ3v) is 7.35. The molecular formula is C38H30O2. The van der Waals surface area contributed by atoms with E-state index in [-0.39, 0.29) is 0 Å². The lowest BCUT2D eigenvalue weighted by Gasteiger charge is -2.20. The fourth-order valence-corrected chi connectivity index (χ4v) is 5.35. The van der Waals surface area contributed by atoms with Crippen LogP contribution in [0.2, 0.25) is 0 Å². The van der Waals surface area contributed by atoms with E-state index >= 15 is 0 Å². The minimum absolute atomic E-state index is 0.802. The van der Waals surface area contributed by atoms with Gasteiger partial charge < -0.3 is 9.47 Å². The monoisotopic (exact) mass is 518 g/mol. The predicted octanol–water partition coefficient (Wildman–Crippen LogP) is 10.0. The first-order chi connectivity index (χ1) is 19.8. The summed E-state index contributed by atoms with van der Waals surface area (Å²) in [7, 11) is 3.45. The number of ether oxygens (including phenoxy) is 2. The highest BCUT2D eigenvalue weighted by molar-refractivity contribution is 5.98. The molecule has 0 saturated heterocycles. The third-order valence-electron chi connectivity index (χ3n) is 7.35. The van der Waals surface area contributed by atoms with Gasteiger partial charge in [-0.15, -0.1) is 0 Å². The average Bonchev–Trinajstić information content (AvgIpc) is 3.05. The second-order valence-electron chi connectivity index (χ2n) is 9.65. The second kappa shape index (κ2) is 11.3. The van der Waals surface area contributed by atoms with E-state index in [4.69, 9.17) is 9.47 Å². The Labute approximate surface area is 236 Å². The van der Waals surface area contributed by atoms with Crippen LogP contribution < -0.4 is 9.47 Å². The van der Waals surface area contributed by atoms with Gasteiger partial charge in [0.25, 0.3) is 0 Å². The maximum atomic E-state index is 5.97. The van der Waals surface area contributed by atoms with Crippen LogP contribution in [0.1, 0.15) is 0 Å². The van der Waals surface area contributed by atoms with Crippen molar-refractivity contribution in [3.8, 4) is 67.1 Å². The van der Waals surface area contributed by atoms with Crippen LogP contribution in [0, 0.1) is 0 Å². The first kappa shape index (κ1) is 25.2. The average molecular weight is 519 g/mol. The van der Waals surface area contributed by atoms with Crippen LogP contribution >= 0.6 is 0 Å². The van der Waals surface area contributed by atoms with E-state index in [1.54, 1.807) is 14.2 Å². The topological polar surface area (TPSA) is 18.5 Å². The Morgan fingerprint density at radius 2 is 0.625 bits per heavy atom. The van der Waals surface area contributed by atoms with Crippen LogP contribution in [0.5, 0.6) is 11.5 Å². The number of rotatable bonds is 7. The van der Waals surface area contributed by atoms with Gasteiger partial charge in [0.15, 0.2) is 0 Å². The molecule has 0 unspecified atom stereocenters. The zero-order valence-corrected chi connectivity index (χ0v) is 22.7. The van der Waals surface area contributed by atoms with Gasteiger partial charge in [0.05, 0.1) is 14.2 Å². The molecule has 6 aromatic rings. The van der Waals surface area contributed by atoms with Crippen molar-refractivity contribution < 1.29 is 9.47 Å². The van der Waals surface area contributed by atoms with Gasteiger partial charge >= 0.3 is 0 Å². The van der Waals surface area contributed by atoms with Crippen molar-refractivity contribution in [3.63, 3.8) is 0 Å². The zero-order valence-electron chi connectivity index (χ0n) is 22.7. The van der Waals surface area contributed by atoms with Gasteiger partial charge in [-0.05, 0) is 56.6 Å². The molecule has 0 aromatic heterocycles. The summed E-state index contributed by atoms with van der Waals surface area (Å²) in [4.78, 5) is 0. The maximum absolute atomic E-state index is 5.97. The molecule has 0 saturated carbocycles. The summed E-state index contributed by atoms with van der Waals surface area (Å²) < 4.78 is 11.9. The number of methoxy groups -OCH3 is 2. The van der Waals surface area contributed by atoms with E-state index < -0.39 is 0 Å². The van der Waals surface area contributed by atoms with Crippen molar-refractivity contribution in [2.24, 2.45) is 0 Å². The quantitative estimate of drug-likeness (QED) is 0.209. The molecule has 0 atom stereocenters. The van der Waals surface area contributed by atoms with E-state index in [2.05, 4.69) is 109 Å². The van der Waals surface area contributed by atoms with E-state index in [9.17, 15) is 0 Å². The molecule has 0 aliphatic heterocycles. The largest absolute Gasteiger partial charge is 0.496 e. The van der Waals surface area contributed by atoms with Crippen molar-refractivity contribution in [2.75, 3.05) is 14.2 Å². The summed E-state index contributed by atoms with van der Waals surface area (Å²) >= 11 is 0. The minimum Gasteiger partial charge on any atom is -0.496 e. The molecule has 0 radical (unpaired) electrons. The molecule has 0 aliphatic carbocycles. The van der Waals surface area contributed by atoms with Crippen LogP contribution in [-0.4, -0.2) is 14.2 Å². The number of hydrogen-bond donors (Lipinski definition) is 0. The molecule has 6 rings (SSSR count). The standard InChI is InChI=1S/C38H30O2/c1-39-35-17-9-15-33(31-23-19-29(20-24-31)27-11-5-3-6-12-27)37(35)38-34(16-10-18-36(38)40-2)32-25-21-30(22-26-32)28-13-7-4-8-14-28/h3-26H,1-2H3. The van der Waals surface area contributed by atoms with E-state index in [1.807, 2.05) is 36.4 Å². The van der Waals surface area contributed by atoms with Gasteiger partial charge in [-0.1, -0.05) is 133 Å².